The molecule has 9 nitrogen and oxygen atoms in total. The van der Waals surface area contributed by atoms with Crippen LogP contribution >= 0.6 is 11.3 Å². The highest BCUT2D eigenvalue weighted by Gasteiger charge is 2.38. The van der Waals surface area contributed by atoms with E-state index >= 15 is 0 Å². The van der Waals surface area contributed by atoms with Crippen LogP contribution in [0.3, 0.4) is 0 Å². The van der Waals surface area contributed by atoms with E-state index in [-0.39, 0.29) is 11.0 Å². The summed E-state index contributed by atoms with van der Waals surface area (Å²) in [7, 11) is 3.12. The van der Waals surface area contributed by atoms with Crippen LogP contribution < -0.4 is 25.8 Å². The van der Waals surface area contributed by atoms with E-state index in [2.05, 4.69) is 4.98 Å². The van der Waals surface area contributed by atoms with Crippen molar-refractivity contribution in [3.05, 3.63) is 63.6 Å². The number of benzene rings is 2. The number of fused-ring (bicyclic) bond motifs is 1. The van der Waals surface area contributed by atoms with Gasteiger partial charge in [0.15, 0.2) is 16.5 Å². The van der Waals surface area contributed by atoms with Crippen molar-refractivity contribution in [3.8, 4) is 11.5 Å². The first-order valence-corrected chi connectivity index (χ1v) is 11.6. The first-order chi connectivity index (χ1) is 16.4. The summed E-state index contributed by atoms with van der Waals surface area (Å²) in [6.45, 7) is 2.76. The number of ether oxygens (including phenoxy) is 2. The summed E-state index contributed by atoms with van der Waals surface area (Å²) in [5.74, 6) is 0.526. The lowest BCUT2D eigenvalue weighted by Gasteiger charge is -2.39. The van der Waals surface area contributed by atoms with Crippen LogP contribution in [0.25, 0.3) is 0 Å². The molecule has 1 aromatic heterocycles. The van der Waals surface area contributed by atoms with E-state index in [4.69, 9.17) is 20.9 Å². The minimum absolute atomic E-state index is 0.192. The highest BCUT2D eigenvalue weighted by Crippen LogP contribution is 2.42. The number of carbonyl (C=O) groups is 2. The number of amides is 3. The average molecular weight is 482 g/mol. The number of carbonyl (C=O) groups excluding carboxylic acids is 2. The van der Waals surface area contributed by atoms with E-state index in [1.807, 2.05) is 31.2 Å². The van der Waals surface area contributed by atoms with Gasteiger partial charge in [-0.05, 0) is 25.1 Å². The maximum Gasteiger partial charge on any atom is 0.325 e. The Hall–Kier alpha value is -3.79. The predicted octanol–water partition coefficient (Wildman–Crippen LogP) is 3.44. The first-order valence-electron chi connectivity index (χ1n) is 10.8. The molecule has 3 amide bonds. The van der Waals surface area contributed by atoms with Gasteiger partial charge in [-0.1, -0.05) is 18.2 Å². The molecule has 1 unspecified atom stereocenters. The number of methoxy groups -OCH3 is 2. The average Bonchev–Trinajstić information content (AvgIpc) is 3.29. The fraction of sp³-hybridized carbons (Fsp3) is 0.292. The lowest BCUT2D eigenvalue weighted by Crippen LogP contribution is -2.48. The summed E-state index contributed by atoms with van der Waals surface area (Å²) >= 11 is 1.21. The number of nitrogens with zero attached hydrogens (tertiary/aromatic N) is 3. The fourth-order valence-electron chi connectivity index (χ4n) is 4.21. The van der Waals surface area contributed by atoms with E-state index < -0.39 is 11.9 Å². The number of aromatic nitrogens is 1. The van der Waals surface area contributed by atoms with Crippen LogP contribution in [0.5, 0.6) is 11.5 Å². The van der Waals surface area contributed by atoms with E-state index in [1.54, 1.807) is 42.2 Å². The zero-order valence-electron chi connectivity index (χ0n) is 19.3. The van der Waals surface area contributed by atoms with Crippen LogP contribution in [0.4, 0.5) is 16.2 Å². The number of urea groups is 1. The third-order valence-corrected chi connectivity index (χ3v) is 7.01. The van der Waals surface area contributed by atoms with Gasteiger partial charge in [0.1, 0.15) is 0 Å². The van der Waals surface area contributed by atoms with Crippen LogP contribution in [0.1, 0.15) is 38.9 Å². The van der Waals surface area contributed by atoms with Gasteiger partial charge in [-0.25, -0.2) is 9.78 Å². The van der Waals surface area contributed by atoms with E-state index in [0.717, 1.165) is 16.1 Å². The van der Waals surface area contributed by atoms with E-state index in [1.165, 1.54) is 11.3 Å². The maximum absolute atomic E-state index is 14.0. The number of para-hydroxylation sites is 1. The fourth-order valence-corrected chi connectivity index (χ4v) is 5.31. The highest BCUT2D eigenvalue weighted by atomic mass is 32.1. The Morgan fingerprint density at radius 2 is 1.91 bits per heavy atom. The van der Waals surface area contributed by atoms with Crippen molar-refractivity contribution >= 4 is 34.6 Å². The summed E-state index contributed by atoms with van der Waals surface area (Å²) in [5, 5.41) is 0.228. The van der Waals surface area contributed by atoms with Crippen molar-refractivity contribution in [1.82, 2.24) is 9.88 Å². The molecule has 4 rings (SSSR count). The molecule has 10 heteroatoms. The molecule has 0 saturated heterocycles. The highest BCUT2D eigenvalue weighted by molar-refractivity contribution is 7.13. The van der Waals surface area contributed by atoms with Crippen molar-refractivity contribution in [3.63, 3.8) is 0 Å². The number of nitrogens with two attached hydrogens (primary N) is 2. The lowest BCUT2D eigenvalue weighted by molar-refractivity contribution is 0.0999. The number of anilines is 2. The van der Waals surface area contributed by atoms with Gasteiger partial charge in [-0.15, -0.1) is 11.3 Å². The molecule has 2 heterocycles. The second-order valence-corrected chi connectivity index (χ2v) is 8.77. The minimum Gasteiger partial charge on any atom is -0.493 e. The molecule has 1 atom stereocenters. The summed E-state index contributed by atoms with van der Waals surface area (Å²) in [5.41, 5.74) is 14.6. The number of primary amides is 1. The summed E-state index contributed by atoms with van der Waals surface area (Å²) in [4.78, 5) is 34.5. The van der Waals surface area contributed by atoms with Crippen LogP contribution in [0.2, 0.25) is 0 Å². The summed E-state index contributed by atoms with van der Waals surface area (Å²) < 4.78 is 10.8. The van der Waals surface area contributed by atoms with Crippen molar-refractivity contribution in [1.29, 1.82) is 0 Å². The molecule has 0 spiro atoms. The third-order valence-electron chi connectivity index (χ3n) is 5.85. The first kappa shape index (κ1) is 23.4. The van der Waals surface area contributed by atoms with Crippen molar-refractivity contribution in [2.75, 3.05) is 37.9 Å². The van der Waals surface area contributed by atoms with Crippen LogP contribution in [-0.2, 0) is 6.42 Å². The Bertz CT molecular complexity index is 1230. The molecule has 0 aliphatic carbocycles. The number of hydrogen-bond donors (Lipinski definition) is 2. The van der Waals surface area contributed by atoms with Gasteiger partial charge in [0.05, 0.1) is 30.8 Å². The monoisotopic (exact) mass is 481 g/mol. The largest absolute Gasteiger partial charge is 0.493 e. The molecular formula is C24H27N5O4S. The molecule has 34 heavy (non-hydrogen) atoms. The standard InChI is InChI=1S/C24H27N5O4S/c1-4-28(14-9-10-18(32-2)19(13-14)33-3)24(31)29-12-11-17-21(34-23(27-17)22(26)30)20(29)15-7-5-6-8-16(15)25/h5-10,13,20H,4,11-12,25H2,1-3H3,(H2,26,30). The quantitative estimate of drug-likeness (QED) is 0.520. The van der Waals surface area contributed by atoms with E-state index in [0.29, 0.717) is 42.4 Å². The molecule has 2 aromatic carbocycles. The normalized spacial score (nSPS) is 14.9. The topological polar surface area (TPSA) is 124 Å². The molecular weight excluding hydrogens is 454 g/mol. The molecule has 0 radical (unpaired) electrons. The molecule has 1 aliphatic heterocycles. The van der Waals surface area contributed by atoms with Crippen LogP contribution in [0.15, 0.2) is 42.5 Å². The van der Waals surface area contributed by atoms with Gasteiger partial charge in [0.25, 0.3) is 5.91 Å². The molecule has 178 valence electrons. The zero-order chi connectivity index (χ0) is 24.4. The van der Waals surface area contributed by atoms with Gasteiger partial charge < -0.3 is 25.8 Å². The smallest absolute Gasteiger partial charge is 0.325 e. The Morgan fingerprint density at radius 3 is 2.56 bits per heavy atom. The van der Waals surface area contributed by atoms with Gasteiger partial charge in [0.2, 0.25) is 0 Å². The second-order valence-electron chi connectivity index (χ2n) is 7.74. The molecule has 0 bridgehead atoms. The SMILES string of the molecule is CCN(C(=O)N1CCc2nc(C(N)=O)sc2C1c1ccccc1N)c1ccc(OC)c(OC)c1. The number of nitrogen functional groups attached to an aromatic ring is 1. The summed E-state index contributed by atoms with van der Waals surface area (Å²) in [6, 6.07) is 12.1. The number of rotatable bonds is 6. The maximum atomic E-state index is 14.0. The molecule has 3 aromatic rings. The summed E-state index contributed by atoms with van der Waals surface area (Å²) in [6.07, 6.45) is 0.511. The third kappa shape index (κ3) is 4.12. The van der Waals surface area contributed by atoms with Crippen molar-refractivity contribution in [2.24, 2.45) is 5.73 Å². The lowest BCUT2D eigenvalue weighted by atomic mass is 9.96. The van der Waals surface area contributed by atoms with Crippen molar-refractivity contribution < 1.29 is 19.1 Å². The van der Waals surface area contributed by atoms with Crippen LogP contribution in [0, 0.1) is 0 Å². The zero-order valence-corrected chi connectivity index (χ0v) is 20.1. The number of thiazole rings is 1. The molecule has 1 aliphatic rings. The Labute approximate surface area is 201 Å². The van der Waals surface area contributed by atoms with Gasteiger partial charge in [0, 0.05) is 42.5 Å². The van der Waals surface area contributed by atoms with Crippen molar-refractivity contribution in [2.45, 2.75) is 19.4 Å². The van der Waals surface area contributed by atoms with Gasteiger partial charge in [-0.3, -0.25) is 9.69 Å². The van der Waals surface area contributed by atoms with Gasteiger partial charge in [-0.2, -0.15) is 0 Å². The second kappa shape index (κ2) is 9.60. The molecule has 4 N–H and O–H groups in total. The molecule has 0 fully saturated rings. The van der Waals surface area contributed by atoms with Gasteiger partial charge >= 0.3 is 6.03 Å². The molecule has 0 saturated carbocycles. The Balaban J connectivity index is 1.78. The Morgan fingerprint density at radius 1 is 1.18 bits per heavy atom. The Kier molecular flexibility index (Phi) is 6.60. The predicted molar refractivity (Wildman–Crippen MR) is 132 cm³/mol. The van der Waals surface area contributed by atoms with E-state index in [9.17, 15) is 9.59 Å². The number of hydrogen-bond acceptors (Lipinski definition) is 7. The minimum atomic E-state index is -0.586. The van der Waals surface area contributed by atoms with Crippen LogP contribution in [-0.4, -0.2) is 49.1 Å².